The average molecular weight is 746 g/mol. The van der Waals surface area contributed by atoms with Gasteiger partial charge in [0.1, 0.15) is 6.61 Å². The van der Waals surface area contributed by atoms with Crippen LogP contribution in [0.2, 0.25) is 0 Å². The largest absolute Gasteiger partial charge is 0.472 e. The fourth-order valence-corrected chi connectivity index (χ4v) is 6.54. The van der Waals surface area contributed by atoms with Crippen LogP contribution in [0.25, 0.3) is 0 Å². The lowest BCUT2D eigenvalue weighted by Gasteiger charge is -2.20. The van der Waals surface area contributed by atoms with E-state index in [2.05, 4.69) is 26.0 Å². The quantitative estimate of drug-likeness (QED) is 0.0284. The second-order valence-corrected chi connectivity index (χ2v) is 16.0. The number of ether oxygens (including phenoxy) is 2. The number of phosphoric ester groups is 1. The number of hydrogen-bond acceptors (Lipinski definition) is 8. The number of nitrogens with zero attached hydrogens (tertiary/aromatic N) is 1. The van der Waals surface area contributed by atoms with Gasteiger partial charge in [-0.05, 0) is 52.6 Å². The molecular weight excluding hydrogens is 665 g/mol. The molecule has 0 amide bonds. The maximum atomic E-state index is 12.6. The lowest BCUT2D eigenvalue weighted by atomic mass is 10.1. The molecule has 0 rings (SSSR count). The van der Waals surface area contributed by atoms with Crippen molar-refractivity contribution in [2.24, 2.45) is 0 Å². The van der Waals surface area contributed by atoms with Crippen molar-refractivity contribution in [1.82, 2.24) is 4.90 Å². The highest BCUT2D eigenvalue weighted by Crippen LogP contribution is 2.43. The summed E-state index contributed by atoms with van der Waals surface area (Å²) < 4.78 is 33.4. The SMILES string of the molecule is CCCCCCCC/C=C\CCCCCCCCCC(=O)OC(COC(=O)CCCCCCCCCCCCC)COP(=O)(O)OCCN(C)C. The van der Waals surface area contributed by atoms with Gasteiger partial charge in [-0.2, -0.15) is 0 Å². The molecule has 0 aromatic rings. The van der Waals surface area contributed by atoms with Crippen LogP contribution in [-0.4, -0.2) is 68.3 Å². The number of carbonyl (C=O) groups is 2. The molecule has 0 aliphatic carbocycles. The topological polar surface area (TPSA) is 112 Å². The monoisotopic (exact) mass is 746 g/mol. The van der Waals surface area contributed by atoms with Gasteiger partial charge in [0, 0.05) is 19.4 Å². The summed E-state index contributed by atoms with van der Waals surface area (Å²) >= 11 is 0. The fraction of sp³-hybridized carbons (Fsp3) is 0.902. The molecule has 0 saturated heterocycles. The zero-order chi connectivity index (χ0) is 37.7. The molecule has 0 saturated carbocycles. The minimum atomic E-state index is -4.35. The Balaban J connectivity index is 4.28. The molecule has 0 aliphatic heterocycles. The Bertz CT molecular complexity index is 869. The van der Waals surface area contributed by atoms with E-state index in [1.54, 1.807) is 0 Å². The first-order valence-electron chi connectivity index (χ1n) is 21.0. The van der Waals surface area contributed by atoms with Crippen LogP contribution >= 0.6 is 7.82 Å². The molecule has 302 valence electrons. The van der Waals surface area contributed by atoms with Crippen molar-refractivity contribution >= 4 is 19.8 Å². The van der Waals surface area contributed by atoms with E-state index in [0.29, 0.717) is 19.4 Å². The lowest BCUT2D eigenvalue weighted by Crippen LogP contribution is -2.29. The maximum Gasteiger partial charge on any atom is 0.472 e. The van der Waals surface area contributed by atoms with Crippen LogP contribution in [-0.2, 0) is 32.7 Å². The van der Waals surface area contributed by atoms with Crippen LogP contribution in [0.4, 0.5) is 0 Å². The lowest BCUT2D eigenvalue weighted by molar-refractivity contribution is -0.161. The van der Waals surface area contributed by atoms with E-state index in [1.165, 1.54) is 116 Å². The van der Waals surface area contributed by atoms with Crippen molar-refractivity contribution in [2.75, 3.05) is 40.5 Å². The zero-order valence-electron chi connectivity index (χ0n) is 33.6. The van der Waals surface area contributed by atoms with Gasteiger partial charge in [0.2, 0.25) is 0 Å². The number of unbranched alkanes of at least 4 members (excludes halogenated alkanes) is 23. The summed E-state index contributed by atoms with van der Waals surface area (Å²) in [6.07, 6.45) is 35.4. The number of likely N-dealkylation sites (N-methyl/N-ethyl adjacent to an activating group) is 1. The Labute approximate surface area is 314 Å². The predicted octanol–water partition coefficient (Wildman–Crippen LogP) is 11.7. The van der Waals surface area contributed by atoms with Gasteiger partial charge >= 0.3 is 19.8 Å². The van der Waals surface area contributed by atoms with Gasteiger partial charge in [-0.1, -0.05) is 154 Å². The molecule has 51 heavy (non-hydrogen) atoms. The summed E-state index contributed by atoms with van der Waals surface area (Å²) in [6.45, 7) is 4.32. The third-order valence-corrected chi connectivity index (χ3v) is 10.1. The van der Waals surface area contributed by atoms with E-state index in [4.69, 9.17) is 18.5 Å². The summed E-state index contributed by atoms with van der Waals surface area (Å²) in [5, 5.41) is 0. The Kier molecular flexibility index (Phi) is 36.2. The van der Waals surface area contributed by atoms with Gasteiger partial charge in [0.15, 0.2) is 6.10 Å². The molecule has 2 atom stereocenters. The number of phosphoric acid groups is 1. The Morgan fingerprint density at radius 2 is 1.00 bits per heavy atom. The van der Waals surface area contributed by atoms with E-state index >= 15 is 0 Å². The first-order valence-corrected chi connectivity index (χ1v) is 22.5. The van der Waals surface area contributed by atoms with Crippen molar-refractivity contribution in [3.63, 3.8) is 0 Å². The molecule has 2 unspecified atom stereocenters. The number of hydrogen-bond donors (Lipinski definition) is 1. The third-order valence-electron chi connectivity index (χ3n) is 9.07. The Morgan fingerprint density at radius 3 is 1.45 bits per heavy atom. The molecular formula is C41H80NO8P. The second kappa shape index (κ2) is 37.1. The molecule has 0 aromatic heterocycles. The van der Waals surface area contributed by atoms with Crippen LogP contribution < -0.4 is 0 Å². The molecule has 1 N–H and O–H groups in total. The third kappa shape index (κ3) is 38.3. The first-order chi connectivity index (χ1) is 24.7. The van der Waals surface area contributed by atoms with Gasteiger partial charge in [0.25, 0.3) is 0 Å². The smallest absolute Gasteiger partial charge is 0.462 e. The van der Waals surface area contributed by atoms with Crippen LogP contribution in [0.15, 0.2) is 12.2 Å². The Morgan fingerprint density at radius 1 is 0.588 bits per heavy atom. The molecule has 10 heteroatoms. The molecule has 0 bridgehead atoms. The van der Waals surface area contributed by atoms with E-state index < -0.39 is 26.5 Å². The van der Waals surface area contributed by atoms with E-state index in [-0.39, 0.29) is 25.6 Å². The van der Waals surface area contributed by atoms with Gasteiger partial charge in [0.05, 0.1) is 13.2 Å². The normalized spacial score (nSPS) is 13.5. The van der Waals surface area contributed by atoms with Crippen molar-refractivity contribution in [3.8, 4) is 0 Å². The maximum absolute atomic E-state index is 12.6. The molecule has 0 spiro atoms. The van der Waals surface area contributed by atoms with Crippen molar-refractivity contribution < 1.29 is 37.6 Å². The predicted molar refractivity (Wildman–Crippen MR) is 211 cm³/mol. The van der Waals surface area contributed by atoms with E-state index in [0.717, 1.165) is 44.9 Å². The van der Waals surface area contributed by atoms with Crippen molar-refractivity contribution in [1.29, 1.82) is 0 Å². The van der Waals surface area contributed by atoms with Gasteiger partial charge in [-0.3, -0.25) is 18.6 Å². The highest BCUT2D eigenvalue weighted by molar-refractivity contribution is 7.47. The van der Waals surface area contributed by atoms with Gasteiger partial charge < -0.3 is 19.3 Å². The van der Waals surface area contributed by atoms with Gasteiger partial charge in [-0.25, -0.2) is 4.57 Å². The molecule has 0 aromatic carbocycles. The average Bonchev–Trinajstić information content (AvgIpc) is 3.09. The molecule has 0 fully saturated rings. The number of rotatable bonds is 39. The summed E-state index contributed by atoms with van der Waals surface area (Å²) in [5.74, 6) is -0.801. The van der Waals surface area contributed by atoms with E-state index in [1.807, 2.05) is 19.0 Å². The van der Waals surface area contributed by atoms with Crippen LogP contribution in [0, 0.1) is 0 Å². The molecule has 0 aliphatic rings. The Hall–Kier alpha value is -1.25. The van der Waals surface area contributed by atoms with Gasteiger partial charge in [-0.15, -0.1) is 0 Å². The number of allylic oxidation sites excluding steroid dienone is 2. The highest BCUT2D eigenvalue weighted by atomic mass is 31.2. The van der Waals surface area contributed by atoms with Crippen LogP contribution in [0.1, 0.15) is 194 Å². The second-order valence-electron chi connectivity index (χ2n) is 14.5. The number of carbonyl (C=O) groups excluding carboxylic acids is 2. The van der Waals surface area contributed by atoms with Crippen molar-refractivity contribution in [3.05, 3.63) is 12.2 Å². The standard InChI is InChI=1S/C41H80NO8P/c1-5-7-9-11-13-15-17-18-19-20-21-22-24-26-28-30-32-34-41(44)50-39(38-49-51(45,46)48-36-35-42(3)4)37-47-40(43)33-31-29-27-25-23-16-14-12-10-8-6-2/h18-19,39H,5-17,20-38H2,1-4H3,(H,45,46)/b19-18-. The number of esters is 2. The summed E-state index contributed by atoms with van der Waals surface area (Å²) in [6, 6.07) is 0. The molecule has 9 nitrogen and oxygen atoms in total. The highest BCUT2D eigenvalue weighted by Gasteiger charge is 2.26. The summed E-state index contributed by atoms with van der Waals surface area (Å²) in [5.41, 5.74) is 0. The molecule has 0 heterocycles. The van der Waals surface area contributed by atoms with Crippen molar-refractivity contribution in [2.45, 2.75) is 200 Å². The molecule has 0 radical (unpaired) electrons. The van der Waals surface area contributed by atoms with Crippen LogP contribution in [0.5, 0.6) is 0 Å². The zero-order valence-corrected chi connectivity index (χ0v) is 34.5. The summed E-state index contributed by atoms with van der Waals surface area (Å²) in [4.78, 5) is 36.9. The minimum Gasteiger partial charge on any atom is -0.462 e. The van der Waals surface area contributed by atoms with Crippen LogP contribution in [0.3, 0.4) is 0 Å². The minimum absolute atomic E-state index is 0.00946. The first kappa shape index (κ1) is 49.8. The summed E-state index contributed by atoms with van der Waals surface area (Å²) in [7, 11) is -0.705. The van der Waals surface area contributed by atoms with E-state index in [9.17, 15) is 19.0 Å². The fourth-order valence-electron chi connectivity index (χ4n) is 5.80.